The molecule has 1 atom stereocenters. The highest BCUT2D eigenvalue weighted by molar-refractivity contribution is 5.77. The lowest BCUT2D eigenvalue weighted by molar-refractivity contribution is 0.0697. The average Bonchev–Trinajstić information content (AvgIpc) is 2.98. The predicted molar refractivity (Wildman–Crippen MR) is 161 cm³/mol. The zero-order valence-electron chi connectivity index (χ0n) is 24.1. The van der Waals surface area contributed by atoms with Crippen LogP contribution in [0.15, 0.2) is 41.3 Å². The predicted octanol–water partition coefficient (Wildman–Crippen LogP) is 4.05. The van der Waals surface area contributed by atoms with Crippen LogP contribution in [0.5, 0.6) is 5.75 Å². The molecule has 3 saturated heterocycles. The number of anilines is 2. The number of fused-ring (bicyclic) bond motifs is 1. The maximum absolute atomic E-state index is 13.8. The summed E-state index contributed by atoms with van der Waals surface area (Å²) >= 11 is 0. The molecule has 41 heavy (non-hydrogen) atoms. The summed E-state index contributed by atoms with van der Waals surface area (Å²) in [6.45, 7) is 5.43. The van der Waals surface area contributed by atoms with E-state index in [2.05, 4.69) is 46.0 Å². The fourth-order valence-corrected chi connectivity index (χ4v) is 6.04. The molecule has 216 valence electrons. The van der Waals surface area contributed by atoms with E-state index in [9.17, 15) is 4.79 Å². The minimum absolute atomic E-state index is 0.0156. The van der Waals surface area contributed by atoms with Gasteiger partial charge in [0.2, 0.25) is 5.95 Å². The van der Waals surface area contributed by atoms with E-state index in [1.165, 1.54) is 0 Å². The number of likely N-dealkylation sites (N-methyl/N-ethyl adjacent to an activating group) is 1. The lowest BCUT2D eigenvalue weighted by Gasteiger charge is -2.30. The number of benzene rings is 1. The molecule has 3 aromatic rings. The summed E-state index contributed by atoms with van der Waals surface area (Å²) in [6, 6.07) is 9.78. The van der Waals surface area contributed by atoms with Crippen molar-refractivity contribution in [1.82, 2.24) is 24.3 Å². The second kappa shape index (κ2) is 12.6. The van der Waals surface area contributed by atoms with Crippen LogP contribution < -0.4 is 15.6 Å². The Bertz CT molecular complexity index is 1460. The molecule has 0 aliphatic carbocycles. The van der Waals surface area contributed by atoms with Crippen molar-refractivity contribution in [1.29, 1.82) is 0 Å². The lowest BCUT2D eigenvalue weighted by atomic mass is 9.97. The second-order valence-corrected chi connectivity index (χ2v) is 11.7. The van der Waals surface area contributed by atoms with Crippen molar-refractivity contribution >= 4 is 22.7 Å². The Labute approximate surface area is 241 Å². The van der Waals surface area contributed by atoms with Crippen LogP contribution in [0.25, 0.3) is 11.0 Å². The summed E-state index contributed by atoms with van der Waals surface area (Å²) in [6.07, 6.45) is 7.86. The molecule has 0 bridgehead atoms. The van der Waals surface area contributed by atoms with Gasteiger partial charge < -0.3 is 24.6 Å². The van der Waals surface area contributed by atoms with Gasteiger partial charge in [-0.2, -0.15) is 4.98 Å². The minimum atomic E-state index is -0.0793. The molecule has 1 unspecified atom stereocenters. The number of piperidine rings is 2. The molecule has 5 heterocycles. The molecule has 3 aliphatic heterocycles. The number of nitrogens with one attached hydrogen (secondary N) is 1. The topological polar surface area (TPSA) is 84.8 Å². The molecular formula is C32H40N6O3. The summed E-state index contributed by atoms with van der Waals surface area (Å²) in [5.41, 5.74) is 1.93. The van der Waals surface area contributed by atoms with Crippen molar-refractivity contribution in [3.63, 3.8) is 0 Å². The Morgan fingerprint density at radius 1 is 1.00 bits per heavy atom. The molecule has 1 N–H and O–H groups in total. The van der Waals surface area contributed by atoms with E-state index in [-0.39, 0.29) is 17.7 Å². The van der Waals surface area contributed by atoms with Crippen LogP contribution in [0.3, 0.4) is 0 Å². The van der Waals surface area contributed by atoms with Crippen LogP contribution in [0, 0.1) is 17.8 Å². The van der Waals surface area contributed by atoms with Crippen molar-refractivity contribution in [2.45, 2.75) is 50.7 Å². The average molecular weight is 557 g/mol. The fourth-order valence-electron chi connectivity index (χ4n) is 6.04. The quantitative estimate of drug-likeness (QED) is 0.472. The third-order valence-electron chi connectivity index (χ3n) is 8.45. The maximum atomic E-state index is 13.8. The van der Waals surface area contributed by atoms with Gasteiger partial charge in [0.05, 0.1) is 5.56 Å². The molecule has 9 nitrogen and oxygen atoms in total. The van der Waals surface area contributed by atoms with Crippen molar-refractivity contribution in [3.8, 4) is 17.6 Å². The minimum Gasteiger partial charge on any atom is -0.489 e. The fraction of sp³-hybridized carbons (Fsp3) is 0.531. The van der Waals surface area contributed by atoms with Gasteiger partial charge in [-0.1, -0.05) is 11.8 Å². The molecule has 0 amide bonds. The molecule has 3 aliphatic rings. The maximum Gasteiger partial charge on any atom is 0.268 e. The molecule has 6 rings (SSSR count). The van der Waals surface area contributed by atoms with Crippen molar-refractivity contribution in [2.24, 2.45) is 5.92 Å². The molecule has 0 saturated carbocycles. The van der Waals surface area contributed by atoms with Crippen molar-refractivity contribution < 1.29 is 9.47 Å². The van der Waals surface area contributed by atoms with E-state index in [4.69, 9.17) is 14.5 Å². The first kappa shape index (κ1) is 27.7. The molecule has 9 heteroatoms. The van der Waals surface area contributed by atoms with E-state index in [0.717, 1.165) is 81.5 Å². The first-order valence-electron chi connectivity index (χ1n) is 14.9. The second-order valence-electron chi connectivity index (χ2n) is 11.7. The SMILES string of the molecule is CN1CCC(C#Cc2cc3cnc(Nc4ccc(OC5CCCN(C)C5)cc4)nc3n(C3CCOCC3)c2=O)CC1. The molecule has 2 aromatic heterocycles. The van der Waals surface area contributed by atoms with E-state index in [0.29, 0.717) is 36.3 Å². The highest BCUT2D eigenvalue weighted by atomic mass is 16.5. The summed E-state index contributed by atoms with van der Waals surface area (Å²) in [4.78, 5) is 27.9. The smallest absolute Gasteiger partial charge is 0.268 e. The van der Waals surface area contributed by atoms with Crippen molar-refractivity contribution in [3.05, 3.63) is 52.4 Å². The molecule has 0 spiro atoms. The van der Waals surface area contributed by atoms with Gasteiger partial charge in [-0.15, -0.1) is 0 Å². The number of likely N-dealkylation sites (tertiary alicyclic amines) is 2. The molecule has 1 aromatic carbocycles. The summed E-state index contributed by atoms with van der Waals surface area (Å²) in [7, 11) is 4.28. The van der Waals surface area contributed by atoms with E-state index in [1.807, 2.05) is 34.9 Å². The number of pyridine rings is 1. The van der Waals surface area contributed by atoms with Crippen LogP contribution in [-0.2, 0) is 4.74 Å². The Kier molecular flexibility index (Phi) is 8.51. The Hall–Kier alpha value is -3.45. The van der Waals surface area contributed by atoms with E-state index in [1.54, 1.807) is 6.20 Å². The van der Waals surface area contributed by atoms with Crippen LogP contribution in [-0.4, -0.2) is 83.9 Å². The van der Waals surface area contributed by atoms with Crippen LogP contribution >= 0.6 is 0 Å². The molecular weight excluding hydrogens is 516 g/mol. The summed E-state index contributed by atoms with van der Waals surface area (Å²) in [5, 5.41) is 4.13. The summed E-state index contributed by atoms with van der Waals surface area (Å²) < 4.78 is 13.6. The van der Waals surface area contributed by atoms with Gasteiger partial charge in [0.1, 0.15) is 17.5 Å². The normalized spacial score (nSPS) is 21.4. The van der Waals surface area contributed by atoms with E-state index < -0.39 is 0 Å². The van der Waals surface area contributed by atoms with E-state index >= 15 is 0 Å². The zero-order chi connectivity index (χ0) is 28.2. The Morgan fingerprint density at radius 3 is 2.54 bits per heavy atom. The van der Waals surface area contributed by atoms with Gasteiger partial charge >= 0.3 is 0 Å². The summed E-state index contributed by atoms with van der Waals surface area (Å²) in [5.74, 6) is 8.26. The van der Waals surface area contributed by atoms with Crippen LogP contribution in [0.1, 0.15) is 50.1 Å². The third kappa shape index (κ3) is 6.72. The number of ether oxygens (including phenoxy) is 2. The van der Waals surface area contributed by atoms with Crippen LogP contribution in [0.2, 0.25) is 0 Å². The first-order chi connectivity index (χ1) is 20.0. The Morgan fingerprint density at radius 2 is 1.78 bits per heavy atom. The zero-order valence-corrected chi connectivity index (χ0v) is 24.1. The number of hydrogen-bond acceptors (Lipinski definition) is 8. The highest BCUT2D eigenvalue weighted by Crippen LogP contribution is 2.26. The number of aromatic nitrogens is 3. The van der Waals surface area contributed by atoms with Gasteiger partial charge in [-0.05, 0) is 103 Å². The molecule has 0 radical (unpaired) electrons. The monoisotopic (exact) mass is 556 g/mol. The first-order valence-corrected chi connectivity index (χ1v) is 14.9. The third-order valence-corrected chi connectivity index (χ3v) is 8.45. The Balaban J connectivity index is 1.25. The number of nitrogens with zero attached hydrogens (tertiary/aromatic N) is 5. The standard InChI is InChI=1S/C32H40N6O3/c1-36-16-11-23(12-17-36)5-6-24-20-25-21-33-32(35-30(25)38(31(24)39)27-13-18-40-19-14-27)34-26-7-9-28(10-8-26)41-29-4-3-15-37(2)22-29/h7-10,20-21,23,27,29H,3-4,11-19,22H2,1-2H3,(H,33,34,35). The number of rotatable bonds is 5. The van der Waals surface area contributed by atoms with Gasteiger partial charge in [-0.3, -0.25) is 9.36 Å². The van der Waals surface area contributed by atoms with Gasteiger partial charge in [0, 0.05) is 49.0 Å². The van der Waals surface area contributed by atoms with Crippen LogP contribution in [0.4, 0.5) is 11.6 Å². The molecule has 3 fully saturated rings. The van der Waals surface area contributed by atoms with Crippen molar-refractivity contribution in [2.75, 3.05) is 58.8 Å². The van der Waals surface area contributed by atoms with Gasteiger partial charge in [0.15, 0.2) is 0 Å². The van der Waals surface area contributed by atoms with Gasteiger partial charge in [0.25, 0.3) is 5.56 Å². The highest BCUT2D eigenvalue weighted by Gasteiger charge is 2.22. The lowest BCUT2D eigenvalue weighted by Crippen LogP contribution is -2.38. The largest absolute Gasteiger partial charge is 0.489 e. The van der Waals surface area contributed by atoms with Gasteiger partial charge in [-0.25, -0.2) is 4.98 Å². The number of hydrogen-bond donors (Lipinski definition) is 1.